The second-order valence-electron chi connectivity index (χ2n) is 8.55. The summed E-state index contributed by atoms with van der Waals surface area (Å²) in [5.74, 6) is -0.700. The Labute approximate surface area is 195 Å². The maximum absolute atomic E-state index is 12.6. The smallest absolute Gasteiger partial charge is 0.242 e. The second kappa shape index (κ2) is 10.9. The number of hydrogen-bond acceptors (Lipinski definition) is 5. The lowest BCUT2D eigenvalue weighted by molar-refractivity contribution is -0.117. The lowest BCUT2D eigenvalue weighted by Gasteiger charge is -2.33. The molecule has 2 atom stereocenters. The molecule has 1 heterocycles. The molecule has 33 heavy (non-hydrogen) atoms. The zero-order valence-electron chi connectivity index (χ0n) is 19.3. The summed E-state index contributed by atoms with van der Waals surface area (Å²) in [6.45, 7) is 7.10. The molecule has 1 saturated heterocycles. The monoisotopic (exact) mass is 472 g/mol. The van der Waals surface area contributed by atoms with Gasteiger partial charge in [0, 0.05) is 30.9 Å². The van der Waals surface area contributed by atoms with Gasteiger partial charge in [-0.3, -0.25) is 14.5 Å². The summed E-state index contributed by atoms with van der Waals surface area (Å²) >= 11 is 0. The van der Waals surface area contributed by atoms with Crippen LogP contribution >= 0.6 is 0 Å². The molecule has 1 aliphatic heterocycles. The maximum Gasteiger partial charge on any atom is 0.242 e. The first-order chi connectivity index (χ1) is 15.6. The molecule has 0 aliphatic carbocycles. The predicted molar refractivity (Wildman–Crippen MR) is 129 cm³/mol. The first-order valence-corrected chi connectivity index (χ1v) is 12.7. The summed E-state index contributed by atoms with van der Waals surface area (Å²) in [7, 11) is -3.90. The summed E-state index contributed by atoms with van der Waals surface area (Å²) in [5.41, 5.74) is 2.28. The quantitative estimate of drug-likeness (QED) is 0.546. The van der Waals surface area contributed by atoms with Crippen molar-refractivity contribution in [2.45, 2.75) is 63.6 Å². The first kappa shape index (κ1) is 24.9. The van der Waals surface area contributed by atoms with Gasteiger partial charge in [-0.05, 0) is 75.2 Å². The number of amides is 2. The number of carbonyl (C=O) groups excluding carboxylic acids is 2. The molecule has 2 aromatic rings. The predicted octanol–water partition coefficient (Wildman–Crippen LogP) is 3.32. The molecule has 0 aromatic heterocycles. The number of carbonyl (C=O) groups is 2. The van der Waals surface area contributed by atoms with Crippen LogP contribution in [-0.4, -0.2) is 43.8 Å². The Morgan fingerprint density at radius 3 is 2.21 bits per heavy atom. The Morgan fingerprint density at radius 2 is 1.61 bits per heavy atom. The van der Waals surface area contributed by atoms with Gasteiger partial charge in [0.1, 0.15) is 0 Å². The number of benzene rings is 2. The molecular weight excluding hydrogens is 440 g/mol. The average Bonchev–Trinajstić information content (AvgIpc) is 2.76. The SMILES string of the molecule is CC(=O)Nc1ccc(S(=O)(=O)N[C@@H](C)C(=O)Nc2ccc(CN3CCCCC3C)cc2)cc1. The van der Waals surface area contributed by atoms with E-state index in [9.17, 15) is 18.0 Å². The van der Waals surface area contributed by atoms with Gasteiger partial charge in [-0.1, -0.05) is 18.6 Å². The zero-order chi connectivity index (χ0) is 24.0. The second-order valence-corrected chi connectivity index (χ2v) is 10.3. The van der Waals surface area contributed by atoms with Crippen LogP contribution in [0.25, 0.3) is 0 Å². The van der Waals surface area contributed by atoms with Gasteiger partial charge in [-0.2, -0.15) is 4.72 Å². The van der Waals surface area contributed by atoms with Gasteiger partial charge in [0.15, 0.2) is 0 Å². The summed E-state index contributed by atoms with van der Waals surface area (Å²) in [6, 6.07) is 13.0. The van der Waals surface area contributed by atoms with Crippen LogP contribution in [0.5, 0.6) is 0 Å². The van der Waals surface area contributed by atoms with Gasteiger partial charge >= 0.3 is 0 Å². The van der Waals surface area contributed by atoms with Crippen molar-refractivity contribution in [1.82, 2.24) is 9.62 Å². The van der Waals surface area contributed by atoms with Crippen LogP contribution in [-0.2, 0) is 26.2 Å². The molecule has 2 aromatic carbocycles. The molecule has 8 nitrogen and oxygen atoms in total. The molecule has 1 unspecified atom stereocenters. The van der Waals surface area contributed by atoms with Crippen molar-refractivity contribution in [3.63, 3.8) is 0 Å². The van der Waals surface area contributed by atoms with Crippen molar-refractivity contribution < 1.29 is 18.0 Å². The van der Waals surface area contributed by atoms with E-state index in [0.717, 1.165) is 13.1 Å². The molecule has 178 valence electrons. The summed E-state index contributed by atoms with van der Waals surface area (Å²) in [5, 5.41) is 5.34. The molecule has 0 radical (unpaired) electrons. The molecule has 0 bridgehead atoms. The minimum Gasteiger partial charge on any atom is -0.326 e. The van der Waals surface area contributed by atoms with Crippen LogP contribution < -0.4 is 15.4 Å². The normalized spacial score (nSPS) is 17.8. The molecule has 1 aliphatic rings. The Hall–Kier alpha value is -2.75. The van der Waals surface area contributed by atoms with Gasteiger partial charge in [0.05, 0.1) is 10.9 Å². The number of hydrogen-bond donors (Lipinski definition) is 3. The van der Waals surface area contributed by atoms with Crippen LogP contribution in [0.1, 0.15) is 45.6 Å². The molecular formula is C24H32N4O4S. The highest BCUT2D eigenvalue weighted by Gasteiger charge is 2.22. The van der Waals surface area contributed by atoms with E-state index in [1.54, 1.807) is 0 Å². The minimum absolute atomic E-state index is 0.00699. The summed E-state index contributed by atoms with van der Waals surface area (Å²) < 4.78 is 27.6. The molecule has 1 fully saturated rings. The topological polar surface area (TPSA) is 108 Å². The zero-order valence-corrected chi connectivity index (χ0v) is 20.1. The van der Waals surface area contributed by atoms with Gasteiger partial charge in [-0.15, -0.1) is 0 Å². The molecule has 3 N–H and O–H groups in total. The number of rotatable bonds is 8. The minimum atomic E-state index is -3.90. The van der Waals surface area contributed by atoms with Crippen molar-refractivity contribution in [3.8, 4) is 0 Å². The fourth-order valence-corrected chi connectivity index (χ4v) is 5.05. The van der Waals surface area contributed by atoms with Gasteiger partial charge in [0.25, 0.3) is 0 Å². The van der Waals surface area contributed by atoms with Gasteiger partial charge in [0.2, 0.25) is 21.8 Å². The Morgan fingerprint density at radius 1 is 1.00 bits per heavy atom. The van der Waals surface area contributed by atoms with Gasteiger partial charge < -0.3 is 10.6 Å². The molecule has 0 spiro atoms. The summed E-state index contributed by atoms with van der Waals surface area (Å²) in [4.78, 5) is 26.1. The Balaban J connectivity index is 1.55. The van der Waals surface area contributed by atoms with E-state index in [-0.39, 0.29) is 10.8 Å². The van der Waals surface area contributed by atoms with E-state index < -0.39 is 22.0 Å². The third kappa shape index (κ3) is 7.12. The van der Waals surface area contributed by atoms with E-state index in [4.69, 9.17) is 0 Å². The van der Waals surface area contributed by atoms with E-state index >= 15 is 0 Å². The molecule has 2 amide bonds. The third-order valence-corrected chi connectivity index (χ3v) is 7.31. The highest BCUT2D eigenvalue weighted by molar-refractivity contribution is 7.89. The van der Waals surface area contributed by atoms with Crippen molar-refractivity contribution in [1.29, 1.82) is 0 Å². The van der Waals surface area contributed by atoms with Gasteiger partial charge in [-0.25, -0.2) is 8.42 Å². The largest absolute Gasteiger partial charge is 0.326 e. The Kier molecular flexibility index (Phi) is 8.23. The van der Waals surface area contributed by atoms with Crippen molar-refractivity contribution in [3.05, 3.63) is 54.1 Å². The van der Waals surface area contributed by atoms with E-state index in [0.29, 0.717) is 17.4 Å². The lowest BCUT2D eigenvalue weighted by atomic mass is 10.0. The number of likely N-dealkylation sites (tertiary alicyclic amines) is 1. The number of nitrogens with zero attached hydrogens (tertiary/aromatic N) is 1. The first-order valence-electron chi connectivity index (χ1n) is 11.2. The lowest BCUT2D eigenvalue weighted by Crippen LogP contribution is -2.41. The summed E-state index contributed by atoms with van der Waals surface area (Å²) in [6.07, 6.45) is 3.74. The number of sulfonamides is 1. The van der Waals surface area contributed by atoms with E-state index in [2.05, 4.69) is 27.2 Å². The molecule has 3 rings (SSSR count). The van der Waals surface area contributed by atoms with Crippen molar-refractivity contribution >= 4 is 33.2 Å². The van der Waals surface area contributed by atoms with Crippen molar-refractivity contribution in [2.24, 2.45) is 0 Å². The Bertz CT molecular complexity index is 1070. The molecule has 9 heteroatoms. The standard InChI is InChI=1S/C24H32N4O4S/c1-17-6-4-5-15-28(17)16-20-7-9-22(10-8-20)26-24(30)18(2)27-33(31,32)23-13-11-21(12-14-23)25-19(3)29/h7-14,17-18,27H,4-6,15-16H2,1-3H3,(H,25,29)(H,26,30)/t17?,18-/m0/s1. The van der Waals surface area contributed by atoms with Crippen LogP contribution in [0.3, 0.4) is 0 Å². The van der Waals surface area contributed by atoms with Crippen molar-refractivity contribution in [2.75, 3.05) is 17.2 Å². The fourth-order valence-electron chi connectivity index (χ4n) is 3.85. The maximum atomic E-state index is 12.6. The molecule has 0 saturated carbocycles. The fraction of sp³-hybridized carbons (Fsp3) is 0.417. The van der Waals surface area contributed by atoms with E-state index in [1.165, 1.54) is 62.9 Å². The number of piperidine rings is 1. The van der Waals surface area contributed by atoms with Crippen LogP contribution in [0.4, 0.5) is 11.4 Å². The number of anilines is 2. The number of nitrogens with one attached hydrogen (secondary N) is 3. The van der Waals surface area contributed by atoms with Crippen LogP contribution in [0.2, 0.25) is 0 Å². The van der Waals surface area contributed by atoms with E-state index in [1.807, 2.05) is 24.3 Å². The average molecular weight is 473 g/mol. The van der Waals surface area contributed by atoms with Crippen LogP contribution in [0, 0.1) is 0 Å². The van der Waals surface area contributed by atoms with Crippen LogP contribution in [0.15, 0.2) is 53.4 Å². The highest BCUT2D eigenvalue weighted by Crippen LogP contribution is 2.20. The third-order valence-electron chi connectivity index (χ3n) is 5.76. The highest BCUT2D eigenvalue weighted by atomic mass is 32.2.